The molecule has 1 aliphatic rings. The Morgan fingerprint density at radius 2 is 2.00 bits per heavy atom. The zero-order valence-electron chi connectivity index (χ0n) is 9.48. The molecular formula is C13H9BrO4. The lowest BCUT2D eigenvalue weighted by molar-refractivity contribution is -0.135. The molecule has 2 rings (SSSR count). The van der Waals surface area contributed by atoms with Crippen molar-refractivity contribution in [2.45, 2.75) is 0 Å². The summed E-state index contributed by atoms with van der Waals surface area (Å²) >= 11 is 3.17. The van der Waals surface area contributed by atoms with E-state index in [1.807, 2.05) is 30.3 Å². The third-order valence-electron chi connectivity index (χ3n) is 2.32. The van der Waals surface area contributed by atoms with Gasteiger partial charge in [0.25, 0.3) is 0 Å². The highest BCUT2D eigenvalue weighted by molar-refractivity contribution is 9.12. The fourth-order valence-electron chi connectivity index (χ4n) is 1.45. The largest absolute Gasteiger partial charge is 0.466 e. The molecule has 0 atom stereocenters. The SMILES string of the molecule is COC(=O)/C=C1\OC(c2ccccc2)=C(Br)C1=O. The number of Topliss-reactive ketones (excluding diaryl/α,β-unsaturated/α-hetero) is 1. The van der Waals surface area contributed by atoms with Crippen LogP contribution < -0.4 is 0 Å². The van der Waals surface area contributed by atoms with Crippen molar-refractivity contribution in [3.63, 3.8) is 0 Å². The third kappa shape index (κ3) is 2.36. The van der Waals surface area contributed by atoms with Crippen LogP contribution in [-0.4, -0.2) is 18.9 Å². The van der Waals surface area contributed by atoms with Crippen molar-refractivity contribution in [2.75, 3.05) is 7.11 Å². The number of esters is 1. The van der Waals surface area contributed by atoms with Crippen LogP contribution in [0.4, 0.5) is 0 Å². The number of ether oxygens (including phenoxy) is 2. The van der Waals surface area contributed by atoms with Crippen LogP contribution >= 0.6 is 15.9 Å². The standard InChI is InChI=1S/C13H9BrO4/c1-17-10(15)7-9-12(16)11(14)13(18-9)8-5-3-2-4-6-8/h2-7H,1H3/b9-7-. The fraction of sp³-hybridized carbons (Fsp3) is 0.0769. The van der Waals surface area contributed by atoms with Crippen molar-refractivity contribution < 1.29 is 19.1 Å². The Hall–Kier alpha value is -1.88. The molecule has 0 saturated heterocycles. The molecule has 1 aromatic rings. The predicted molar refractivity (Wildman–Crippen MR) is 68.5 cm³/mol. The number of carbonyl (C=O) groups is 2. The quantitative estimate of drug-likeness (QED) is 0.622. The Bertz CT molecular complexity index is 558. The summed E-state index contributed by atoms with van der Waals surface area (Å²) in [6.07, 6.45) is 1.03. The first-order valence-corrected chi connectivity index (χ1v) is 5.90. The highest BCUT2D eigenvalue weighted by Crippen LogP contribution is 2.35. The van der Waals surface area contributed by atoms with E-state index in [1.165, 1.54) is 7.11 Å². The molecule has 1 aliphatic heterocycles. The van der Waals surface area contributed by atoms with Crippen LogP contribution in [0.25, 0.3) is 5.76 Å². The van der Waals surface area contributed by atoms with E-state index in [9.17, 15) is 9.59 Å². The van der Waals surface area contributed by atoms with Crippen molar-refractivity contribution in [2.24, 2.45) is 0 Å². The molecule has 92 valence electrons. The average molecular weight is 309 g/mol. The number of benzene rings is 1. The number of hydrogen-bond donors (Lipinski definition) is 0. The smallest absolute Gasteiger partial charge is 0.334 e. The minimum Gasteiger partial charge on any atom is -0.466 e. The van der Waals surface area contributed by atoms with E-state index in [4.69, 9.17) is 4.74 Å². The van der Waals surface area contributed by atoms with Gasteiger partial charge in [0, 0.05) is 5.56 Å². The van der Waals surface area contributed by atoms with E-state index in [0.29, 0.717) is 10.2 Å². The molecule has 0 bridgehead atoms. The lowest BCUT2D eigenvalue weighted by Gasteiger charge is -2.03. The molecule has 0 aromatic heterocycles. The van der Waals surface area contributed by atoms with Gasteiger partial charge in [0.05, 0.1) is 13.2 Å². The zero-order chi connectivity index (χ0) is 13.1. The number of halogens is 1. The summed E-state index contributed by atoms with van der Waals surface area (Å²) in [5.41, 5.74) is 0.756. The molecule has 0 spiro atoms. The maximum absolute atomic E-state index is 11.8. The van der Waals surface area contributed by atoms with Crippen LogP contribution in [0, 0.1) is 0 Å². The Balaban J connectivity index is 2.33. The van der Waals surface area contributed by atoms with E-state index >= 15 is 0 Å². The summed E-state index contributed by atoms with van der Waals surface area (Å²) in [6, 6.07) is 9.15. The molecule has 0 saturated carbocycles. The van der Waals surface area contributed by atoms with Crippen LogP contribution in [0.5, 0.6) is 0 Å². The Labute approximate surface area is 112 Å². The molecule has 0 aliphatic carbocycles. The number of carbonyl (C=O) groups excluding carboxylic acids is 2. The maximum Gasteiger partial charge on any atom is 0.334 e. The van der Waals surface area contributed by atoms with Gasteiger partial charge in [0.1, 0.15) is 4.48 Å². The molecule has 1 heterocycles. The van der Waals surface area contributed by atoms with Gasteiger partial charge in [-0.2, -0.15) is 0 Å². The number of rotatable bonds is 2. The van der Waals surface area contributed by atoms with Gasteiger partial charge in [-0.05, 0) is 15.9 Å². The Kier molecular flexibility index (Phi) is 3.62. The van der Waals surface area contributed by atoms with Gasteiger partial charge in [0.15, 0.2) is 11.5 Å². The average Bonchev–Trinajstić information content (AvgIpc) is 2.68. The van der Waals surface area contributed by atoms with Crippen LogP contribution in [0.3, 0.4) is 0 Å². The van der Waals surface area contributed by atoms with Crippen LogP contribution in [0.15, 0.2) is 46.6 Å². The first-order valence-electron chi connectivity index (χ1n) is 5.11. The van der Waals surface area contributed by atoms with E-state index in [2.05, 4.69) is 20.7 Å². The monoisotopic (exact) mass is 308 g/mol. The highest BCUT2D eigenvalue weighted by Gasteiger charge is 2.30. The maximum atomic E-state index is 11.8. The van der Waals surface area contributed by atoms with Crippen molar-refractivity contribution in [3.05, 3.63) is 52.2 Å². The molecule has 0 amide bonds. The summed E-state index contributed by atoms with van der Waals surface area (Å²) in [5.74, 6) is -0.657. The van der Waals surface area contributed by atoms with E-state index in [-0.39, 0.29) is 11.5 Å². The predicted octanol–water partition coefficient (Wildman–Crippen LogP) is 2.41. The van der Waals surface area contributed by atoms with E-state index < -0.39 is 5.97 Å². The molecule has 0 fully saturated rings. The highest BCUT2D eigenvalue weighted by atomic mass is 79.9. The molecule has 18 heavy (non-hydrogen) atoms. The van der Waals surface area contributed by atoms with Crippen molar-refractivity contribution in [1.82, 2.24) is 0 Å². The normalized spacial score (nSPS) is 17.0. The molecule has 4 nitrogen and oxygen atoms in total. The second kappa shape index (κ2) is 5.18. The zero-order valence-corrected chi connectivity index (χ0v) is 11.1. The Morgan fingerprint density at radius 3 is 2.61 bits per heavy atom. The first kappa shape index (κ1) is 12.6. The van der Waals surface area contributed by atoms with Gasteiger partial charge in [-0.25, -0.2) is 4.79 Å². The van der Waals surface area contributed by atoms with Gasteiger partial charge in [0.2, 0.25) is 5.78 Å². The molecule has 0 unspecified atom stereocenters. The van der Waals surface area contributed by atoms with Gasteiger partial charge >= 0.3 is 5.97 Å². The Morgan fingerprint density at radius 1 is 1.33 bits per heavy atom. The minimum atomic E-state index is -0.632. The molecule has 5 heteroatoms. The molecular weight excluding hydrogens is 300 g/mol. The summed E-state index contributed by atoms with van der Waals surface area (Å²) in [6.45, 7) is 0. The number of hydrogen-bond acceptors (Lipinski definition) is 4. The summed E-state index contributed by atoms with van der Waals surface area (Å²) in [4.78, 5) is 22.9. The van der Waals surface area contributed by atoms with Crippen molar-refractivity contribution in [1.29, 1.82) is 0 Å². The van der Waals surface area contributed by atoms with Gasteiger partial charge < -0.3 is 9.47 Å². The summed E-state index contributed by atoms with van der Waals surface area (Å²) in [5, 5.41) is 0. The van der Waals surface area contributed by atoms with Crippen LogP contribution in [0.1, 0.15) is 5.56 Å². The van der Waals surface area contributed by atoms with Gasteiger partial charge in [-0.1, -0.05) is 30.3 Å². The van der Waals surface area contributed by atoms with Crippen molar-refractivity contribution in [3.8, 4) is 0 Å². The molecule has 1 aromatic carbocycles. The van der Waals surface area contributed by atoms with E-state index in [1.54, 1.807) is 0 Å². The van der Waals surface area contributed by atoms with Crippen LogP contribution in [-0.2, 0) is 19.1 Å². The lowest BCUT2D eigenvalue weighted by Crippen LogP contribution is -2.02. The van der Waals surface area contributed by atoms with Gasteiger partial charge in [-0.15, -0.1) is 0 Å². The van der Waals surface area contributed by atoms with Gasteiger partial charge in [-0.3, -0.25) is 4.79 Å². The second-order valence-electron chi connectivity index (χ2n) is 3.47. The van der Waals surface area contributed by atoms with Crippen LogP contribution in [0.2, 0.25) is 0 Å². The fourth-order valence-corrected chi connectivity index (χ4v) is 1.95. The van der Waals surface area contributed by atoms with Crippen molar-refractivity contribution >= 4 is 33.4 Å². The first-order chi connectivity index (χ1) is 8.63. The number of ketones is 1. The summed E-state index contributed by atoms with van der Waals surface area (Å²) < 4.78 is 10.1. The number of methoxy groups -OCH3 is 1. The lowest BCUT2D eigenvalue weighted by atomic mass is 10.2. The number of allylic oxidation sites excluding steroid dienone is 1. The topological polar surface area (TPSA) is 52.6 Å². The molecule has 0 N–H and O–H groups in total. The molecule has 0 radical (unpaired) electrons. The van der Waals surface area contributed by atoms with E-state index in [0.717, 1.165) is 11.6 Å². The summed E-state index contributed by atoms with van der Waals surface area (Å²) in [7, 11) is 1.24. The third-order valence-corrected chi connectivity index (χ3v) is 3.04. The second-order valence-corrected chi connectivity index (χ2v) is 4.27. The minimum absolute atomic E-state index is 0.0485.